The monoisotopic (exact) mass is 264 g/mol. The molecule has 0 bridgehead atoms. The van der Waals surface area contributed by atoms with Gasteiger partial charge in [-0.1, -0.05) is 12.1 Å². The minimum Gasteiger partial charge on any atom is -0.310 e. The van der Waals surface area contributed by atoms with Crippen molar-refractivity contribution >= 4 is 0 Å². The van der Waals surface area contributed by atoms with Crippen LogP contribution in [0.3, 0.4) is 0 Å². The number of benzene rings is 1. The van der Waals surface area contributed by atoms with Gasteiger partial charge in [0.05, 0.1) is 0 Å². The molecule has 19 heavy (non-hydrogen) atoms. The number of nitrogens with one attached hydrogen (secondary N) is 1. The third-order valence-electron chi connectivity index (χ3n) is 3.72. The van der Waals surface area contributed by atoms with Crippen LogP contribution in [0.25, 0.3) is 0 Å². The van der Waals surface area contributed by atoms with Crippen LogP contribution in [-0.4, -0.2) is 32.1 Å². The van der Waals surface area contributed by atoms with E-state index in [1.54, 1.807) is 12.1 Å². The van der Waals surface area contributed by atoms with Crippen LogP contribution in [0.15, 0.2) is 24.3 Å². The van der Waals surface area contributed by atoms with Gasteiger partial charge in [-0.15, -0.1) is 0 Å². The summed E-state index contributed by atoms with van der Waals surface area (Å²) in [5.74, 6) is 0.601. The predicted octanol–water partition coefficient (Wildman–Crippen LogP) is 3.21. The summed E-state index contributed by atoms with van der Waals surface area (Å²) in [6.07, 6.45) is 5.02. The van der Waals surface area contributed by atoms with Crippen LogP contribution in [0, 0.1) is 11.7 Å². The Kier molecular flexibility index (Phi) is 5.34. The highest BCUT2D eigenvalue weighted by Crippen LogP contribution is 2.40. The van der Waals surface area contributed by atoms with Crippen LogP contribution in [-0.2, 0) is 0 Å². The van der Waals surface area contributed by atoms with Gasteiger partial charge in [-0.05, 0) is 76.5 Å². The van der Waals surface area contributed by atoms with Crippen LogP contribution in [0.5, 0.6) is 0 Å². The zero-order valence-corrected chi connectivity index (χ0v) is 12.0. The molecule has 1 atom stereocenters. The first-order valence-corrected chi connectivity index (χ1v) is 7.30. The highest BCUT2D eigenvalue weighted by atomic mass is 19.1. The Labute approximate surface area is 116 Å². The molecule has 1 aliphatic carbocycles. The van der Waals surface area contributed by atoms with Crippen molar-refractivity contribution in [3.05, 3.63) is 35.6 Å². The van der Waals surface area contributed by atoms with E-state index in [1.807, 2.05) is 12.1 Å². The lowest BCUT2D eigenvalue weighted by molar-refractivity contribution is 0.384. The molecule has 0 heterocycles. The predicted molar refractivity (Wildman–Crippen MR) is 77.7 cm³/mol. The van der Waals surface area contributed by atoms with E-state index in [0.29, 0.717) is 6.04 Å². The molecule has 1 fully saturated rings. The van der Waals surface area contributed by atoms with Crippen molar-refractivity contribution in [3.63, 3.8) is 0 Å². The Morgan fingerprint density at radius 3 is 2.47 bits per heavy atom. The van der Waals surface area contributed by atoms with E-state index in [1.165, 1.54) is 31.2 Å². The second-order valence-corrected chi connectivity index (χ2v) is 5.83. The first-order valence-electron chi connectivity index (χ1n) is 7.30. The minimum atomic E-state index is -0.149. The zero-order chi connectivity index (χ0) is 13.7. The number of rotatable bonds is 8. The molecule has 0 aromatic heterocycles. The summed E-state index contributed by atoms with van der Waals surface area (Å²) in [6.45, 7) is 2.19. The molecule has 1 aromatic rings. The number of hydrogen-bond donors (Lipinski definition) is 1. The topological polar surface area (TPSA) is 15.3 Å². The quantitative estimate of drug-likeness (QED) is 0.725. The molecule has 1 aliphatic rings. The molecule has 2 rings (SSSR count). The van der Waals surface area contributed by atoms with Crippen molar-refractivity contribution in [2.75, 3.05) is 27.2 Å². The van der Waals surface area contributed by atoms with Gasteiger partial charge in [-0.3, -0.25) is 0 Å². The van der Waals surface area contributed by atoms with E-state index < -0.39 is 0 Å². The molecule has 0 aliphatic heterocycles. The first-order chi connectivity index (χ1) is 9.16. The maximum atomic E-state index is 13.0. The third-order valence-corrected chi connectivity index (χ3v) is 3.72. The summed E-state index contributed by atoms with van der Waals surface area (Å²) in [4.78, 5) is 2.22. The Balaban J connectivity index is 1.78. The van der Waals surface area contributed by atoms with Gasteiger partial charge in [0.15, 0.2) is 0 Å². The molecule has 1 saturated carbocycles. The molecule has 3 heteroatoms. The lowest BCUT2D eigenvalue weighted by Crippen LogP contribution is -2.25. The fourth-order valence-electron chi connectivity index (χ4n) is 2.47. The second kappa shape index (κ2) is 7.01. The van der Waals surface area contributed by atoms with Crippen LogP contribution in [0.4, 0.5) is 4.39 Å². The minimum absolute atomic E-state index is 0.149. The summed E-state index contributed by atoms with van der Waals surface area (Å²) in [5, 5.41) is 3.65. The van der Waals surface area contributed by atoms with E-state index in [2.05, 4.69) is 24.3 Å². The van der Waals surface area contributed by atoms with Gasteiger partial charge in [0, 0.05) is 6.04 Å². The average Bonchev–Trinajstić information content (AvgIpc) is 3.19. The van der Waals surface area contributed by atoms with Gasteiger partial charge in [0.2, 0.25) is 0 Å². The maximum absolute atomic E-state index is 13.0. The molecule has 0 radical (unpaired) electrons. The van der Waals surface area contributed by atoms with E-state index in [4.69, 9.17) is 0 Å². The van der Waals surface area contributed by atoms with Gasteiger partial charge < -0.3 is 10.2 Å². The molecule has 0 amide bonds. The first kappa shape index (κ1) is 14.5. The largest absolute Gasteiger partial charge is 0.310 e. The summed E-state index contributed by atoms with van der Waals surface area (Å²) in [7, 11) is 4.22. The van der Waals surface area contributed by atoms with Gasteiger partial charge in [0.25, 0.3) is 0 Å². The Morgan fingerprint density at radius 2 is 1.89 bits per heavy atom. The molecule has 106 valence electrons. The molecule has 1 aromatic carbocycles. The lowest BCUT2D eigenvalue weighted by Gasteiger charge is -2.19. The molecule has 1 N–H and O–H groups in total. The normalized spacial score (nSPS) is 16.8. The van der Waals surface area contributed by atoms with Crippen LogP contribution < -0.4 is 5.32 Å². The van der Waals surface area contributed by atoms with Crippen molar-refractivity contribution < 1.29 is 4.39 Å². The third kappa shape index (κ3) is 4.92. The second-order valence-electron chi connectivity index (χ2n) is 5.83. The molecular formula is C16H25FN2. The van der Waals surface area contributed by atoms with Gasteiger partial charge in [0.1, 0.15) is 5.82 Å². The van der Waals surface area contributed by atoms with Crippen molar-refractivity contribution in [1.29, 1.82) is 0 Å². The number of hydrogen-bond acceptors (Lipinski definition) is 2. The Hall–Kier alpha value is -0.930. The summed E-state index contributed by atoms with van der Waals surface area (Å²) >= 11 is 0. The fourth-order valence-corrected chi connectivity index (χ4v) is 2.47. The van der Waals surface area contributed by atoms with Crippen molar-refractivity contribution in [1.82, 2.24) is 10.2 Å². The van der Waals surface area contributed by atoms with Gasteiger partial charge in [-0.2, -0.15) is 0 Å². The highest BCUT2D eigenvalue weighted by Gasteiger charge is 2.31. The van der Waals surface area contributed by atoms with E-state index >= 15 is 0 Å². The molecule has 0 spiro atoms. The smallest absolute Gasteiger partial charge is 0.123 e. The van der Waals surface area contributed by atoms with Crippen LogP contribution >= 0.6 is 0 Å². The number of unbranched alkanes of at least 4 members (excludes halogenated alkanes) is 1. The van der Waals surface area contributed by atoms with E-state index in [9.17, 15) is 4.39 Å². The van der Waals surface area contributed by atoms with E-state index in [0.717, 1.165) is 19.0 Å². The standard InChI is InChI=1S/C16H25FN2/c1-19(2)12-4-3-11-18-16(13-5-6-13)14-7-9-15(17)10-8-14/h7-10,13,16,18H,3-6,11-12H2,1-2H3. The van der Waals surface area contributed by atoms with Crippen molar-refractivity contribution in [2.24, 2.45) is 5.92 Å². The fraction of sp³-hybridized carbons (Fsp3) is 0.625. The molecule has 1 unspecified atom stereocenters. The molecular weight excluding hydrogens is 239 g/mol. The highest BCUT2D eigenvalue weighted by molar-refractivity contribution is 5.21. The summed E-state index contributed by atoms with van der Waals surface area (Å²) < 4.78 is 13.0. The molecule has 2 nitrogen and oxygen atoms in total. The average molecular weight is 264 g/mol. The van der Waals surface area contributed by atoms with Crippen LogP contribution in [0.2, 0.25) is 0 Å². The Bertz CT molecular complexity index is 371. The van der Waals surface area contributed by atoms with Gasteiger partial charge >= 0.3 is 0 Å². The Morgan fingerprint density at radius 1 is 1.21 bits per heavy atom. The van der Waals surface area contributed by atoms with E-state index in [-0.39, 0.29) is 5.82 Å². The molecule has 0 saturated heterocycles. The lowest BCUT2D eigenvalue weighted by atomic mass is 10.0. The summed E-state index contributed by atoms with van der Waals surface area (Å²) in [6, 6.07) is 7.40. The summed E-state index contributed by atoms with van der Waals surface area (Å²) in [5.41, 5.74) is 1.23. The van der Waals surface area contributed by atoms with Crippen molar-refractivity contribution in [3.8, 4) is 0 Å². The maximum Gasteiger partial charge on any atom is 0.123 e. The zero-order valence-electron chi connectivity index (χ0n) is 12.0. The van der Waals surface area contributed by atoms with Gasteiger partial charge in [-0.25, -0.2) is 4.39 Å². The number of halogens is 1. The SMILES string of the molecule is CN(C)CCCCNC(c1ccc(F)cc1)C1CC1. The van der Waals surface area contributed by atoms with Crippen LogP contribution in [0.1, 0.15) is 37.3 Å². The van der Waals surface area contributed by atoms with Crippen molar-refractivity contribution in [2.45, 2.75) is 31.7 Å². The number of nitrogens with zero attached hydrogens (tertiary/aromatic N) is 1.